The number of ether oxygens (including phenoxy) is 2. The molecule has 0 bridgehead atoms. The zero-order valence-corrected chi connectivity index (χ0v) is 16.2. The van der Waals surface area contributed by atoms with Crippen LogP contribution in [0.15, 0.2) is 30.3 Å². The Labute approximate surface area is 155 Å². The van der Waals surface area contributed by atoms with Crippen molar-refractivity contribution in [3.8, 4) is 0 Å². The van der Waals surface area contributed by atoms with Gasteiger partial charge < -0.3 is 14.8 Å². The fourth-order valence-corrected chi connectivity index (χ4v) is 3.19. The number of carbonyl (C=O) groups is 2. The van der Waals surface area contributed by atoms with Gasteiger partial charge in [0.1, 0.15) is 5.60 Å². The number of amides is 1. The number of carbonyl (C=O) groups excluding carboxylic acids is 2. The summed E-state index contributed by atoms with van der Waals surface area (Å²) in [6.45, 7) is 9.85. The van der Waals surface area contributed by atoms with E-state index in [9.17, 15) is 9.59 Å². The van der Waals surface area contributed by atoms with Crippen LogP contribution in [0.5, 0.6) is 0 Å². The Kier molecular flexibility index (Phi) is 7.03. The third-order valence-electron chi connectivity index (χ3n) is 4.20. The Morgan fingerprint density at radius 3 is 2.50 bits per heavy atom. The van der Waals surface area contributed by atoms with E-state index in [-0.39, 0.29) is 17.9 Å². The van der Waals surface area contributed by atoms with Gasteiger partial charge in [-0.3, -0.25) is 9.69 Å². The molecule has 1 aromatic rings. The second-order valence-corrected chi connectivity index (χ2v) is 7.70. The smallest absolute Gasteiger partial charge is 0.407 e. The van der Waals surface area contributed by atoms with Gasteiger partial charge in [0.25, 0.3) is 0 Å². The van der Waals surface area contributed by atoms with E-state index in [2.05, 4.69) is 22.3 Å². The van der Waals surface area contributed by atoms with Crippen molar-refractivity contribution in [1.82, 2.24) is 10.2 Å². The molecule has 0 spiro atoms. The van der Waals surface area contributed by atoms with Crippen LogP contribution in [0, 0.1) is 5.92 Å². The van der Waals surface area contributed by atoms with Crippen LogP contribution in [0.3, 0.4) is 0 Å². The second-order valence-electron chi connectivity index (χ2n) is 7.70. The summed E-state index contributed by atoms with van der Waals surface area (Å²) in [5.74, 6) is -0.222. The van der Waals surface area contributed by atoms with Crippen molar-refractivity contribution in [3.05, 3.63) is 35.9 Å². The van der Waals surface area contributed by atoms with E-state index in [1.165, 1.54) is 5.56 Å². The summed E-state index contributed by atoms with van der Waals surface area (Å²) in [7, 11) is 0. The maximum absolute atomic E-state index is 12.2. The molecule has 26 heavy (non-hydrogen) atoms. The molecule has 0 unspecified atom stereocenters. The highest BCUT2D eigenvalue weighted by Crippen LogP contribution is 2.23. The average Bonchev–Trinajstić information content (AvgIpc) is 2.87. The monoisotopic (exact) mass is 362 g/mol. The Morgan fingerprint density at radius 1 is 1.19 bits per heavy atom. The average molecular weight is 362 g/mol. The summed E-state index contributed by atoms with van der Waals surface area (Å²) in [6, 6.07) is 10.0. The molecule has 1 aliphatic rings. The molecule has 1 fully saturated rings. The molecule has 0 aromatic heterocycles. The molecule has 0 aliphatic carbocycles. The maximum atomic E-state index is 12.2. The van der Waals surface area contributed by atoms with Gasteiger partial charge in [0.15, 0.2) is 0 Å². The summed E-state index contributed by atoms with van der Waals surface area (Å²) in [5, 5.41) is 2.94. The lowest BCUT2D eigenvalue weighted by Crippen LogP contribution is -2.43. The molecule has 0 radical (unpaired) electrons. The highest BCUT2D eigenvalue weighted by molar-refractivity contribution is 5.71. The highest BCUT2D eigenvalue weighted by Gasteiger charge is 2.36. The molecule has 1 heterocycles. The number of esters is 1. The van der Waals surface area contributed by atoms with E-state index in [0.717, 1.165) is 13.1 Å². The number of benzene rings is 1. The molecule has 0 saturated carbocycles. The molecule has 1 aromatic carbocycles. The van der Waals surface area contributed by atoms with Gasteiger partial charge in [0.05, 0.1) is 13.0 Å². The minimum atomic E-state index is -0.553. The largest absolute Gasteiger partial charge is 0.466 e. The summed E-state index contributed by atoms with van der Waals surface area (Å²) in [5.41, 5.74) is 0.656. The van der Waals surface area contributed by atoms with E-state index in [1.807, 2.05) is 39.0 Å². The van der Waals surface area contributed by atoms with Gasteiger partial charge >= 0.3 is 12.1 Å². The molecule has 1 saturated heterocycles. The number of rotatable bonds is 6. The van der Waals surface area contributed by atoms with Gasteiger partial charge in [0.2, 0.25) is 0 Å². The zero-order valence-electron chi connectivity index (χ0n) is 16.2. The number of alkyl carbamates (subject to hydrolysis) is 1. The lowest BCUT2D eigenvalue weighted by molar-refractivity contribution is -0.144. The van der Waals surface area contributed by atoms with Crippen molar-refractivity contribution in [2.24, 2.45) is 5.92 Å². The quantitative estimate of drug-likeness (QED) is 0.788. The lowest BCUT2D eigenvalue weighted by Gasteiger charge is -2.24. The molecule has 1 amide bonds. The number of likely N-dealkylation sites (tertiary alicyclic amines) is 1. The van der Waals surface area contributed by atoms with Gasteiger partial charge in [-0.15, -0.1) is 0 Å². The van der Waals surface area contributed by atoms with E-state index < -0.39 is 11.7 Å². The number of hydrogen-bond donors (Lipinski definition) is 1. The molecule has 2 atom stereocenters. The minimum Gasteiger partial charge on any atom is -0.466 e. The Bertz CT molecular complexity index is 598. The molecule has 1 N–H and O–H groups in total. The maximum Gasteiger partial charge on any atom is 0.407 e. The summed E-state index contributed by atoms with van der Waals surface area (Å²) in [6.07, 6.45) is -0.155. The predicted octanol–water partition coefficient (Wildman–Crippen LogP) is 2.96. The second kappa shape index (κ2) is 9.03. The van der Waals surface area contributed by atoms with Crippen molar-refractivity contribution in [3.63, 3.8) is 0 Å². The minimum absolute atomic E-state index is 0.00489. The van der Waals surface area contributed by atoms with Crippen LogP contribution < -0.4 is 5.32 Å². The Balaban J connectivity index is 2.00. The van der Waals surface area contributed by atoms with Crippen LogP contribution in [0.2, 0.25) is 0 Å². The third-order valence-corrected chi connectivity index (χ3v) is 4.20. The van der Waals surface area contributed by atoms with Crippen molar-refractivity contribution < 1.29 is 19.1 Å². The third kappa shape index (κ3) is 6.67. The number of hydrogen-bond acceptors (Lipinski definition) is 5. The van der Waals surface area contributed by atoms with Crippen LogP contribution in [0.25, 0.3) is 0 Å². The molecular weight excluding hydrogens is 332 g/mol. The lowest BCUT2D eigenvalue weighted by atomic mass is 10.00. The van der Waals surface area contributed by atoms with Crippen molar-refractivity contribution in [1.29, 1.82) is 0 Å². The van der Waals surface area contributed by atoms with Crippen LogP contribution in [-0.2, 0) is 20.8 Å². The molecule has 6 heteroatoms. The molecule has 1 aliphatic heterocycles. The van der Waals surface area contributed by atoms with Crippen LogP contribution in [-0.4, -0.2) is 48.3 Å². The van der Waals surface area contributed by atoms with Gasteiger partial charge in [-0.25, -0.2) is 4.79 Å². The van der Waals surface area contributed by atoms with Crippen LogP contribution in [0.4, 0.5) is 4.79 Å². The number of nitrogens with zero attached hydrogens (tertiary/aromatic N) is 1. The van der Waals surface area contributed by atoms with E-state index in [0.29, 0.717) is 19.6 Å². The summed E-state index contributed by atoms with van der Waals surface area (Å²) in [4.78, 5) is 26.4. The Morgan fingerprint density at radius 2 is 1.88 bits per heavy atom. The first-order valence-electron chi connectivity index (χ1n) is 9.18. The van der Waals surface area contributed by atoms with E-state index >= 15 is 0 Å². The first kappa shape index (κ1) is 20.2. The van der Waals surface area contributed by atoms with Gasteiger partial charge in [-0.05, 0) is 33.3 Å². The Hall–Kier alpha value is -2.08. The first-order valence-corrected chi connectivity index (χ1v) is 9.18. The summed E-state index contributed by atoms with van der Waals surface area (Å²) < 4.78 is 10.5. The standard InChI is InChI=1S/C20H30N2O4/c1-5-25-18(23)11-16-13-22(12-15-9-7-6-8-10-15)14-17(16)21-19(24)26-20(2,3)4/h6-10,16-17H,5,11-14H2,1-4H3,(H,21,24)/t16-,17-/m0/s1. The van der Waals surface area contributed by atoms with Crippen molar-refractivity contribution >= 4 is 12.1 Å². The zero-order chi connectivity index (χ0) is 19.2. The molecule has 2 rings (SSSR count). The van der Waals surface area contributed by atoms with E-state index in [1.54, 1.807) is 6.92 Å². The first-order chi connectivity index (χ1) is 12.3. The SMILES string of the molecule is CCOC(=O)C[C@H]1CN(Cc2ccccc2)C[C@@H]1NC(=O)OC(C)(C)C. The predicted molar refractivity (Wildman–Crippen MR) is 99.6 cm³/mol. The van der Waals surface area contributed by atoms with Crippen LogP contribution >= 0.6 is 0 Å². The molecule has 144 valence electrons. The molecular formula is C20H30N2O4. The van der Waals surface area contributed by atoms with E-state index in [4.69, 9.17) is 9.47 Å². The van der Waals surface area contributed by atoms with Crippen molar-refractivity contribution in [2.75, 3.05) is 19.7 Å². The topological polar surface area (TPSA) is 67.9 Å². The van der Waals surface area contributed by atoms with Gasteiger partial charge in [0, 0.05) is 31.6 Å². The summed E-state index contributed by atoms with van der Waals surface area (Å²) >= 11 is 0. The van der Waals surface area contributed by atoms with Gasteiger partial charge in [-0.2, -0.15) is 0 Å². The fourth-order valence-electron chi connectivity index (χ4n) is 3.19. The van der Waals surface area contributed by atoms with Crippen molar-refractivity contribution in [2.45, 2.75) is 52.3 Å². The number of nitrogens with one attached hydrogen (secondary N) is 1. The molecule has 6 nitrogen and oxygen atoms in total. The van der Waals surface area contributed by atoms with Gasteiger partial charge in [-0.1, -0.05) is 30.3 Å². The normalized spacial score (nSPS) is 20.6. The fraction of sp³-hybridized carbons (Fsp3) is 0.600. The van der Waals surface area contributed by atoms with Crippen LogP contribution in [0.1, 0.15) is 39.7 Å². The highest BCUT2D eigenvalue weighted by atomic mass is 16.6.